The minimum Gasteiger partial charge on any atom is -0.480 e. The Bertz CT molecular complexity index is 515. The molecule has 26 heavy (non-hydrogen) atoms. The molecule has 0 radical (unpaired) electrons. The predicted molar refractivity (Wildman–Crippen MR) is 91.3 cm³/mol. The van der Waals surface area contributed by atoms with Crippen molar-refractivity contribution in [3.63, 3.8) is 0 Å². The van der Waals surface area contributed by atoms with E-state index in [4.69, 9.17) is 9.47 Å². The van der Waals surface area contributed by atoms with Crippen molar-refractivity contribution in [1.29, 1.82) is 0 Å². The molecule has 0 bridgehead atoms. The summed E-state index contributed by atoms with van der Waals surface area (Å²) in [6, 6.07) is -1.11. The number of ether oxygens (including phenoxy) is 2. The van der Waals surface area contributed by atoms with E-state index in [9.17, 15) is 24.3 Å². The molecule has 1 fully saturated rings. The van der Waals surface area contributed by atoms with Gasteiger partial charge in [0.2, 0.25) is 5.91 Å². The number of esters is 2. The van der Waals surface area contributed by atoms with Crippen LogP contribution in [0.5, 0.6) is 0 Å². The van der Waals surface area contributed by atoms with Gasteiger partial charge in [0.05, 0.1) is 25.7 Å². The highest BCUT2D eigenvalue weighted by atomic mass is 16.5. The van der Waals surface area contributed by atoms with Crippen LogP contribution < -0.4 is 10.6 Å². The quantitative estimate of drug-likeness (QED) is 0.469. The lowest BCUT2D eigenvalue weighted by molar-refractivity contribution is -0.151. The lowest BCUT2D eigenvalue weighted by atomic mass is 9.81. The average Bonchev–Trinajstić information content (AvgIpc) is 2.60. The maximum absolute atomic E-state index is 12.4. The SMILES string of the molecule is CCOC(=O)CNC(=O)[C@H](CC(=O)OCC)NC1(C(=O)O)CCCCC1. The van der Waals surface area contributed by atoms with E-state index in [0.717, 1.165) is 19.3 Å². The molecule has 9 heteroatoms. The molecule has 0 aliphatic heterocycles. The molecule has 1 aliphatic rings. The van der Waals surface area contributed by atoms with Gasteiger partial charge in [-0.15, -0.1) is 0 Å². The first kappa shape index (κ1) is 21.9. The van der Waals surface area contributed by atoms with Gasteiger partial charge in [-0.05, 0) is 26.7 Å². The summed E-state index contributed by atoms with van der Waals surface area (Å²) in [5.74, 6) is -2.92. The topological polar surface area (TPSA) is 131 Å². The number of carboxylic acid groups (broad SMARTS) is 1. The van der Waals surface area contributed by atoms with Crippen LogP contribution in [0, 0.1) is 0 Å². The number of amides is 1. The van der Waals surface area contributed by atoms with Crippen LogP contribution in [0.4, 0.5) is 0 Å². The largest absolute Gasteiger partial charge is 0.480 e. The fraction of sp³-hybridized carbons (Fsp3) is 0.765. The zero-order chi connectivity index (χ0) is 19.6. The van der Waals surface area contributed by atoms with Gasteiger partial charge < -0.3 is 19.9 Å². The molecule has 0 spiro atoms. The Labute approximate surface area is 152 Å². The Kier molecular flexibility index (Phi) is 9.04. The van der Waals surface area contributed by atoms with Crippen molar-refractivity contribution < 1.29 is 33.8 Å². The fourth-order valence-electron chi connectivity index (χ4n) is 3.00. The molecule has 1 rings (SSSR count). The monoisotopic (exact) mass is 372 g/mol. The summed E-state index contributed by atoms with van der Waals surface area (Å²) in [6.07, 6.45) is 2.78. The number of nitrogens with one attached hydrogen (secondary N) is 2. The van der Waals surface area contributed by atoms with Gasteiger partial charge in [0.15, 0.2) is 0 Å². The maximum Gasteiger partial charge on any atom is 0.325 e. The molecule has 9 nitrogen and oxygen atoms in total. The minimum atomic E-state index is -1.27. The van der Waals surface area contributed by atoms with Crippen LogP contribution in [-0.4, -0.2) is 60.3 Å². The van der Waals surface area contributed by atoms with E-state index in [1.54, 1.807) is 13.8 Å². The summed E-state index contributed by atoms with van der Waals surface area (Å²) in [5.41, 5.74) is -1.27. The second-order valence-corrected chi connectivity index (χ2v) is 6.18. The zero-order valence-electron chi connectivity index (χ0n) is 15.3. The highest BCUT2D eigenvalue weighted by Crippen LogP contribution is 2.29. The fourth-order valence-corrected chi connectivity index (χ4v) is 3.00. The number of carbonyl (C=O) groups is 4. The van der Waals surface area contributed by atoms with Gasteiger partial charge in [-0.1, -0.05) is 19.3 Å². The van der Waals surface area contributed by atoms with Crippen LogP contribution in [0.1, 0.15) is 52.4 Å². The Balaban J connectivity index is 2.85. The van der Waals surface area contributed by atoms with Gasteiger partial charge in [0.1, 0.15) is 12.1 Å². The average molecular weight is 372 g/mol. The lowest BCUT2D eigenvalue weighted by Gasteiger charge is -2.36. The molecule has 148 valence electrons. The molecule has 0 unspecified atom stereocenters. The van der Waals surface area contributed by atoms with Crippen LogP contribution >= 0.6 is 0 Å². The summed E-state index contributed by atoms with van der Waals surface area (Å²) in [4.78, 5) is 47.5. The van der Waals surface area contributed by atoms with E-state index < -0.39 is 35.4 Å². The Morgan fingerprint density at radius 3 is 2.12 bits per heavy atom. The van der Waals surface area contributed by atoms with E-state index in [1.807, 2.05) is 0 Å². The molecule has 1 atom stereocenters. The molecule has 0 aromatic carbocycles. The van der Waals surface area contributed by atoms with Crippen molar-refractivity contribution in [2.24, 2.45) is 0 Å². The standard InChI is InChI=1S/C17H28N2O7/c1-3-25-13(20)10-12(15(22)18-11-14(21)26-4-2)19-17(16(23)24)8-6-5-7-9-17/h12,19H,3-11H2,1-2H3,(H,18,22)(H,23,24)/t12-/m0/s1. The molecule has 1 amide bonds. The Morgan fingerprint density at radius 2 is 1.58 bits per heavy atom. The number of aliphatic carboxylic acids is 1. The number of hydrogen-bond acceptors (Lipinski definition) is 7. The minimum absolute atomic E-state index is 0.153. The molecule has 1 aliphatic carbocycles. The molecular formula is C17H28N2O7. The second kappa shape index (κ2) is 10.7. The normalized spacial score (nSPS) is 17.0. The third-order valence-corrected chi connectivity index (χ3v) is 4.27. The third kappa shape index (κ3) is 6.62. The summed E-state index contributed by atoms with van der Waals surface area (Å²) in [6.45, 7) is 3.26. The number of carbonyl (C=O) groups excluding carboxylic acids is 3. The first-order chi connectivity index (χ1) is 12.3. The molecule has 0 saturated heterocycles. The predicted octanol–water partition coefficient (Wildman–Crippen LogP) is 0.365. The Hall–Kier alpha value is -2.16. The van der Waals surface area contributed by atoms with Gasteiger partial charge in [-0.25, -0.2) is 0 Å². The number of hydrogen-bond donors (Lipinski definition) is 3. The summed E-state index contributed by atoms with van der Waals surface area (Å²) in [5, 5.41) is 14.9. The lowest BCUT2D eigenvalue weighted by Crippen LogP contribution is -2.61. The van der Waals surface area contributed by atoms with E-state index >= 15 is 0 Å². The molecule has 1 saturated carbocycles. The van der Waals surface area contributed by atoms with Crippen molar-refractivity contribution in [3.05, 3.63) is 0 Å². The highest BCUT2D eigenvalue weighted by molar-refractivity contribution is 5.90. The molecule has 3 N–H and O–H groups in total. The zero-order valence-corrected chi connectivity index (χ0v) is 15.3. The van der Waals surface area contributed by atoms with Crippen molar-refractivity contribution in [2.45, 2.75) is 64.0 Å². The molecular weight excluding hydrogens is 344 g/mol. The van der Waals surface area contributed by atoms with Gasteiger partial charge in [-0.3, -0.25) is 24.5 Å². The first-order valence-electron chi connectivity index (χ1n) is 8.94. The van der Waals surface area contributed by atoms with Crippen molar-refractivity contribution in [3.8, 4) is 0 Å². The molecule has 0 aromatic heterocycles. The third-order valence-electron chi connectivity index (χ3n) is 4.27. The first-order valence-corrected chi connectivity index (χ1v) is 8.94. The number of rotatable bonds is 10. The van der Waals surface area contributed by atoms with Gasteiger partial charge in [-0.2, -0.15) is 0 Å². The Morgan fingerprint density at radius 1 is 1.00 bits per heavy atom. The van der Waals surface area contributed by atoms with Crippen molar-refractivity contribution in [1.82, 2.24) is 10.6 Å². The van der Waals surface area contributed by atoms with E-state index in [-0.39, 0.29) is 26.2 Å². The van der Waals surface area contributed by atoms with Crippen LogP contribution in [0.2, 0.25) is 0 Å². The van der Waals surface area contributed by atoms with Gasteiger partial charge in [0.25, 0.3) is 0 Å². The van der Waals surface area contributed by atoms with Crippen LogP contribution in [-0.2, 0) is 28.7 Å². The molecule has 0 heterocycles. The van der Waals surface area contributed by atoms with E-state index in [1.165, 1.54) is 0 Å². The summed E-state index contributed by atoms with van der Waals surface area (Å²) < 4.78 is 9.61. The van der Waals surface area contributed by atoms with Crippen LogP contribution in [0.25, 0.3) is 0 Å². The summed E-state index contributed by atoms with van der Waals surface area (Å²) >= 11 is 0. The smallest absolute Gasteiger partial charge is 0.325 e. The summed E-state index contributed by atoms with van der Waals surface area (Å²) in [7, 11) is 0. The van der Waals surface area contributed by atoms with E-state index in [0.29, 0.717) is 12.8 Å². The van der Waals surface area contributed by atoms with Crippen molar-refractivity contribution in [2.75, 3.05) is 19.8 Å². The van der Waals surface area contributed by atoms with Gasteiger partial charge >= 0.3 is 17.9 Å². The highest BCUT2D eigenvalue weighted by Gasteiger charge is 2.43. The maximum atomic E-state index is 12.4. The van der Waals surface area contributed by atoms with Crippen LogP contribution in [0.15, 0.2) is 0 Å². The van der Waals surface area contributed by atoms with Crippen molar-refractivity contribution >= 4 is 23.8 Å². The second-order valence-electron chi connectivity index (χ2n) is 6.18. The van der Waals surface area contributed by atoms with Crippen LogP contribution in [0.3, 0.4) is 0 Å². The molecule has 0 aromatic rings. The van der Waals surface area contributed by atoms with Gasteiger partial charge in [0, 0.05) is 0 Å². The van der Waals surface area contributed by atoms with E-state index in [2.05, 4.69) is 10.6 Å². The number of carboxylic acids is 1.